The van der Waals surface area contributed by atoms with E-state index in [1.165, 1.54) is 6.07 Å². The number of amides is 1. The lowest BCUT2D eigenvalue weighted by Gasteiger charge is -2.20. The van der Waals surface area contributed by atoms with E-state index in [2.05, 4.69) is 5.32 Å². The summed E-state index contributed by atoms with van der Waals surface area (Å²) in [6, 6.07) is 4.43. The molecule has 0 bridgehead atoms. The van der Waals surface area contributed by atoms with Crippen LogP contribution in [-0.4, -0.2) is 23.7 Å². The molecular weight excluding hydrogens is 240 g/mol. The van der Waals surface area contributed by atoms with Gasteiger partial charge in [0.2, 0.25) is 0 Å². The first-order valence-corrected chi connectivity index (χ1v) is 5.80. The Kier molecular flexibility index (Phi) is 4.78. The van der Waals surface area contributed by atoms with Crippen molar-refractivity contribution < 1.29 is 9.90 Å². The van der Waals surface area contributed by atoms with Gasteiger partial charge in [-0.15, -0.1) is 0 Å². The lowest BCUT2D eigenvalue weighted by atomic mass is 10.0. The highest BCUT2D eigenvalue weighted by Crippen LogP contribution is 2.19. The van der Waals surface area contributed by atoms with Crippen LogP contribution >= 0.6 is 11.6 Å². The van der Waals surface area contributed by atoms with E-state index in [1.807, 2.05) is 13.8 Å². The molecule has 1 amide bonds. The van der Waals surface area contributed by atoms with E-state index in [0.29, 0.717) is 16.3 Å². The largest absolute Gasteiger partial charge is 0.398 e. The maximum absolute atomic E-state index is 11.9. The second-order valence-electron chi connectivity index (χ2n) is 4.24. The Morgan fingerprint density at radius 2 is 2.18 bits per heavy atom. The van der Waals surface area contributed by atoms with Gasteiger partial charge in [0.05, 0.1) is 23.4 Å². The maximum atomic E-state index is 11.9. The van der Waals surface area contributed by atoms with Crippen LogP contribution in [0.25, 0.3) is 0 Å². The molecule has 0 radical (unpaired) electrons. The van der Waals surface area contributed by atoms with Crippen LogP contribution in [-0.2, 0) is 0 Å². The van der Waals surface area contributed by atoms with Crippen LogP contribution < -0.4 is 11.1 Å². The maximum Gasteiger partial charge on any atom is 0.251 e. The molecule has 1 aromatic rings. The normalized spacial score (nSPS) is 12.5. The van der Waals surface area contributed by atoms with Crippen LogP contribution in [0.5, 0.6) is 0 Å². The first kappa shape index (κ1) is 13.8. The Morgan fingerprint density at radius 1 is 1.53 bits per heavy atom. The summed E-state index contributed by atoms with van der Waals surface area (Å²) in [5.41, 5.74) is 6.42. The fourth-order valence-electron chi connectivity index (χ4n) is 1.36. The number of rotatable bonds is 4. The number of benzene rings is 1. The number of hydrogen-bond acceptors (Lipinski definition) is 3. The van der Waals surface area contributed by atoms with Gasteiger partial charge >= 0.3 is 0 Å². The molecule has 0 aliphatic carbocycles. The highest BCUT2D eigenvalue weighted by atomic mass is 35.5. The molecule has 1 aromatic carbocycles. The van der Waals surface area contributed by atoms with Crippen molar-refractivity contribution in [2.45, 2.75) is 19.9 Å². The summed E-state index contributed by atoms with van der Waals surface area (Å²) in [5.74, 6) is -0.102. The average molecular weight is 257 g/mol. The van der Waals surface area contributed by atoms with Gasteiger partial charge in [-0.2, -0.15) is 0 Å². The van der Waals surface area contributed by atoms with E-state index in [1.54, 1.807) is 12.1 Å². The lowest BCUT2D eigenvalue weighted by Crippen LogP contribution is -2.41. The summed E-state index contributed by atoms with van der Waals surface area (Å²) in [6.45, 7) is 3.77. The predicted molar refractivity (Wildman–Crippen MR) is 69.0 cm³/mol. The van der Waals surface area contributed by atoms with Crippen molar-refractivity contribution in [2.75, 3.05) is 12.3 Å². The molecule has 0 heterocycles. The first-order valence-electron chi connectivity index (χ1n) is 5.42. The van der Waals surface area contributed by atoms with Crippen molar-refractivity contribution >= 4 is 23.2 Å². The van der Waals surface area contributed by atoms with Crippen molar-refractivity contribution in [1.29, 1.82) is 0 Å². The molecule has 4 nitrogen and oxygen atoms in total. The molecule has 5 heteroatoms. The topological polar surface area (TPSA) is 75.3 Å². The van der Waals surface area contributed by atoms with Crippen molar-refractivity contribution in [3.8, 4) is 0 Å². The Balaban J connectivity index is 2.79. The van der Waals surface area contributed by atoms with Crippen molar-refractivity contribution in [3.05, 3.63) is 28.8 Å². The first-order chi connectivity index (χ1) is 7.95. The fourth-order valence-corrected chi connectivity index (χ4v) is 1.48. The molecule has 4 N–H and O–H groups in total. The van der Waals surface area contributed by atoms with Crippen molar-refractivity contribution in [3.63, 3.8) is 0 Å². The molecule has 0 fully saturated rings. The van der Waals surface area contributed by atoms with Crippen LogP contribution in [0.2, 0.25) is 5.02 Å². The van der Waals surface area contributed by atoms with Gasteiger partial charge in [0.25, 0.3) is 5.91 Å². The monoisotopic (exact) mass is 256 g/mol. The number of carbonyl (C=O) groups excluding carboxylic acids is 1. The van der Waals surface area contributed by atoms with Crippen LogP contribution in [0.3, 0.4) is 0 Å². The predicted octanol–water partition coefficient (Wildman–Crippen LogP) is 1.67. The van der Waals surface area contributed by atoms with E-state index in [-0.39, 0.29) is 24.5 Å². The molecule has 0 aliphatic heterocycles. The van der Waals surface area contributed by atoms with Gasteiger partial charge in [0.15, 0.2) is 0 Å². The molecule has 0 aliphatic rings. The summed E-state index contributed by atoms with van der Waals surface area (Å²) in [5, 5.41) is 12.3. The summed E-state index contributed by atoms with van der Waals surface area (Å²) >= 11 is 5.77. The number of carbonyl (C=O) groups is 1. The summed E-state index contributed by atoms with van der Waals surface area (Å²) in [6.07, 6.45) is 0. The third kappa shape index (κ3) is 3.61. The summed E-state index contributed by atoms with van der Waals surface area (Å²) in [4.78, 5) is 11.9. The zero-order valence-electron chi connectivity index (χ0n) is 9.90. The van der Waals surface area contributed by atoms with Gasteiger partial charge in [0, 0.05) is 5.56 Å². The van der Waals surface area contributed by atoms with E-state index in [4.69, 9.17) is 22.4 Å². The van der Waals surface area contributed by atoms with Crippen LogP contribution in [0.1, 0.15) is 24.2 Å². The van der Waals surface area contributed by atoms with Gasteiger partial charge in [-0.05, 0) is 24.1 Å². The number of nitrogens with one attached hydrogen (secondary N) is 1. The van der Waals surface area contributed by atoms with Crippen molar-refractivity contribution in [2.24, 2.45) is 5.92 Å². The van der Waals surface area contributed by atoms with Crippen LogP contribution in [0, 0.1) is 5.92 Å². The summed E-state index contributed by atoms with van der Waals surface area (Å²) in [7, 11) is 0. The Labute approximate surface area is 106 Å². The number of hydrogen-bond donors (Lipinski definition) is 3. The molecule has 17 heavy (non-hydrogen) atoms. The van der Waals surface area contributed by atoms with Gasteiger partial charge in [-0.25, -0.2) is 0 Å². The summed E-state index contributed by atoms with van der Waals surface area (Å²) < 4.78 is 0. The van der Waals surface area contributed by atoms with Gasteiger partial charge < -0.3 is 16.2 Å². The van der Waals surface area contributed by atoms with Crippen molar-refractivity contribution in [1.82, 2.24) is 5.32 Å². The molecule has 0 saturated heterocycles. The number of nitrogens with two attached hydrogens (primary N) is 1. The SMILES string of the molecule is CC(C)C(CO)NC(=O)c1ccc(Cl)c(N)c1. The minimum atomic E-state index is -0.264. The van der Waals surface area contributed by atoms with E-state index < -0.39 is 0 Å². The number of anilines is 1. The number of halogens is 1. The Bertz CT molecular complexity index is 407. The minimum Gasteiger partial charge on any atom is -0.398 e. The molecule has 0 spiro atoms. The molecule has 0 aromatic heterocycles. The minimum absolute atomic E-state index is 0.0908. The fraction of sp³-hybridized carbons (Fsp3) is 0.417. The Morgan fingerprint density at radius 3 is 2.65 bits per heavy atom. The molecule has 1 rings (SSSR count). The molecule has 1 atom stereocenters. The quantitative estimate of drug-likeness (QED) is 0.718. The Hall–Kier alpha value is -1.26. The molecular formula is C12H17ClN2O2. The second-order valence-corrected chi connectivity index (χ2v) is 4.65. The standard InChI is InChI=1S/C12H17ClN2O2/c1-7(2)11(6-16)15-12(17)8-3-4-9(13)10(14)5-8/h3-5,7,11,16H,6,14H2,1-2H3,(H,15,17). The van der Waals surface area contributed by atoms with Gasteiger partial charge in [-0.3, -0.25) is 4.79 Å². The second kappa shape index (κ2) is 5.89. The number of nitrogen functional groups attached to an aromatic ring is 1. The zero-order valence-corrected chi connectivity index (χ0v) is 10.7. The third-order valence-electron chi connectivity index (χ3n) is 2.58. The average Bonchev–Trinajstić information content (AvgIpc) is 2.28. The van der Waals surface area contributed by atoms with Crippen LogP contribution in [0.15, 0.2) is 18.2 Å². The highest BCUT2D eigenvalue weighted by molar-refractivity contribution is 6.33. The molecule has 1 unspecified atom stereocenters. The van der Waals surface area contributed by atoms with E-state index in [0.717, 1.165) is 0 Å². The third-order valence-corrected chi connectivity index (χ3v) is 2.92. The molecule has 0 saturated carbocycles. The molecule has 94 valence electrons. The number of aliphatic hydroxyl groups excluding tert-OH is 1. The highest BCUT2D eigenvalue weighted by Gasteiger charge is 2.16. The van der Waals surface area contributed by atoms with Crippen LogP contribution in [0.4, 0.5) is 5.69 Å². The van der Waals surface area contributed by atoms with E-state index in [9.17, 15) is 4.79 Å². The zero-order chi connectivity index (χ0) is 13.0. The van der Waals surface area contributed by atoms with Gasteiger partial charge in [-0.1, -0.05) is 25.4 Å². The van der Waals surface area contributed by atoms with Gasteiger partial charge in [0.1, 0.15) is 0 Å². The van der Waals surface area contributed by atoms with E-state index >= 15 is 0 Å². The smallest absolute Gasteiger partial charge is 0.251 e. The number of aliphatic hydroxyl groups is 1. The lowest BCUT2D eigenvalue weighted by molar-refractivity contribution is 0.0897.